The molecule has 0 aliphatic heterocycles. The number of esters is 1. The molecular formula is C14H16O3. The molecule has 0 saturated carbocycles. The number of hydrogen-bond acceptors (Lipinski definition) is 3. The van der Waals surface area contributed by atoms with E-state index in [-0.39, 0.29) is 11.3 Å². The Morgan fingerprint density at radius 3 is 2.82 bits per heavy atom. The third kappa shape index (κ3) is 4.55. The molecule has 1 N–H and O–H groups in total. The second-order valence-electron chi connectivity index (χ2n) is 3.40. The molecule has 0 atom stereocenters. The van der Waals surface area contributed by atoms with Crippen molar-refractivity contribution in [2.45, 2.75) is 13.3 Å². The molecule has 3 nitrogen and oxygen atoms in total. The average Bonchev–Trinajstić information content (AvgIpc) is 2.34. The van der Waals surface area contributed by atoms with Crippen LogP contribution in [-0.4, -0.2) is 17.7 Å². The number of ether oxygens (including phenoxy) is 1. The van der Waals surface area contributed by atoms with E-state index in [1.165, 1.54) is 12.1 Å². The minimum absolute atomic E-state index is 0.0537. The van der Waals surface area contributed by atoms with Crippen LogP contribution in [0.1, 0.15) is 23.7 Å². The number of aromatic hydroxyl groups is 1. The molecule has 0 fully saturated rings. The summed E-state index contributed by atoms with van der Waals surface area (Å²) in [6.45, 7) is 2.24. The van der Waals surface area contributed by atoms with Gasteiger partial charge in [-0.1, -0.05) is 36.4 Å². The predicted molar refractivity (Wildman–Crippen MR) is 67.0 cm³/mol. The monoisotopic (exact) mass is 232 g/mol. The SMILES string of the molecule is C/C=C/C=C\CCOC(=O)c1ccccc1O. The molecule has 0 bridgehead atoms. The lowest BCUT2D eigenvalue weighted by Crippen LogP contribution is -2.06. The van der Waals surface area contributed by atoms with Gasteiger partial charge in [0.25, 0.3) is 0 Å². The van der Waals surface area contributed by atoms with Crippen LogP contribution < -0.4 is 0 Å². The Bertz CT molecular complexity index is 419. The van der Waals surface area contributed by atoms with Crippen LogP contribution in [-0.2, 0) is 4.74 Å². The van der Waals surface area contributed by atoms with Gasteiger partial charge in [-0.2, -0.15) is 0 Å². The summed E-state index contributed by atoms with van der Waals surface area (Å²) in [5, 5.41) is 9.43. The lowest BCUT2D eigenvalue weighted by Gasteiger charge is -2.04. The van der Waals surface area contributed by atoms with Crippen molar-refractivity contribution in [1.29, 1.82) is 0 Å². The van der Waals surface area contributed by atoms with Crippen molar-refractivity contribution in [2.24, 2.45) is 0 Å². The van der Waals surface area contributed by atoms with Gasteiger partial charge in [-0.3, -0.25) is 0 Å². The highest BCUT2D eigenvalue weighted by atomic mass is 16.5. The molecule has 0 unspecified atom stereocenters. The number of carbonyl (C=O) groups excluding carboxylic acids is 1. The fraction of sp³-hybridized carbons (Fsp3) is 0.214. The van der Waals surface area contributed by atoms with Crippen molar-refractivity contribution < 1.29 is 14.6 Å². The van der Waals surface area contributed by atoms with Crippen LogP contribution in [0.4, 0.5) is 0 Å². The molecule has 1 aromatic rings. The maximum Gasteiger partial charge on any atom is 0.341 e. The third-order valence-electron chi connectivity index (χ3n) is 2.08. The van der Waals surface area contributed by atoms with Crippen LogP contribution in [0.2, 0.25) is 0 Å². The number of para-hydroxylation sites is 1. The lowest BCUT2D eigenvalue weighted by atomic mass is 10.2. The van der Waals surface area contributed by atoms with Crippen molar-refractivity contribution in [3.63, 3.8) is 0 Å². The minimum Gasteiger partial charge on any atom is -0.507 e. The quantitative estimate of drug-likeness (QED) is 0.482. The molecule has 1 aromatic carbocycles. The maximum absolute atomic E-state index is 11.5. The topological polar surface area (TPSA) is 46.5 Å². The molecule has 0 heterocycles. The van der Waals surface area contributed by atoms with E-state index in [2.05, 4.69) is 0 Å². The maximum atomic E-state index is 11.5. The summed E-state index contributed by atoms with van der Waals surface area (Å²) in [7, 11) is 0. The van der Waals surface area contributed by atoms with E-state index >= 15 is 0 Å². The first-order chi connectivity index (χ1) is 8.25. The molecule has 17 heavy (non-hydrogen) atoms. The Balaban J connectivity index is 2.38. The van der Waals surface area contributed by atoms with Gasteiger partial charge < -0.3 is 9.84 Å². The predicted octanol–water partition coefficient (Wildman–Crippen LogP) is 3.07. The molecular weight excluding hydrogens is 216 g/mol. The van der Waals surface area contributed by atoms with Crippen LogP contribution in [0.5, 0.6) is 5.75 Å². The summed E-state index contributed by atoms with van der Waals surface area (Å²) >= 11 is 0. The van der Waals surface area contributed by atoms with E-state index in [0.29, 0.717) is 13.0 Å². The molecule has 3 heteroatoms. The second-order valence-corrected chi connectivity index (χ2v) is 3.40. The number of benzene rings is 1. The number of hydrogen-bond donors (Lipinski definition) is 1. The van der Waals surface area contributed by atoms with Gasteiger partial charge in [0.2, 0.25) is 0 Å². The summed E-state index contributed by atoms with van der Waals surface area (Å²) in [4.78, 5) is 11.5. The van der Waals surface area contributed by atoms with Crippen LogP contribution in [0.25, 0.3) is 0 Å². The molecule has 0 aliphatic rings. The van der Waals surface area contributed by atoms with E-state index in [4.69, 9.17) is 4.74 Å². The van der Waals surface area contributed by atoms with Gasteiger partial charge in [0.05, 0.1) is 6.61 Å². The Hall–Kier alpha value is -2.03. The lowest BCUT2D eigenvalue weighted by molar-refractivity contribution is 0.0508. The molecule has 0 amide bonds. The van der Waals surface area contributed by atoms with Gasteiger partial charge in [0.1, 0.15) is 11.3 Å². The van der Waals surface area contributed by atoms with Crippen molar-refractivity contribution in [3.05, 3.63) is 54.1 Å². The standard InChI is InChI=1S/C14H16O3/c1-2-3-4-5-8-11-17-14(16)12-9-6-7-10-13(12)15/h2-7,9-10,15H,8,11H2,1H3/b3-2+,5-4-. The van der Waals surface area contributed by atoms with Gasteiger partial charge in [-0.05, 0) is 25.5 Å². The Morgan fingerprint density at radius 2 is 2.12 bits per heavy atom. The first-order valence-electron chi connectivity index (χ1n) is 5.48. The first kappa shape index (κ1) is 13.0. The molecule has 0 aliphatic carbocycles. The number of rotatable bonds is 5. The van der Waals surface area contributed by atoms with Gasteiger partial charge >= 0.3 is 5.97 Å². The molecule has 0 aromatic heterocycles. The van der Waals surface area contributed by atoms with Crippen LogP contribution in [0, 0.1) is 0 Å². The highest BCUT2D eigenvalue weighted by molar-refractivity contribution is 5.92. The van der Waals surface area contributed by atoms with Crippen LogP contribution in [0.3, 0.4) is 0 Å². The summed E-state index contributed by atoms with van der Waals surface area (Å²) in [5.41, 5.74) is 0.199. The summed E-state index contributed by atoms with van der Waals surface area (Å²) in [6, 6.07) is 6.34. The molecule has 0 spiro atoms. The smallest absolute Gasteiger partial charge is 0.341 e. The Labute approximate surface area is 101 Å². The van der Waals surface area contributed by atoms with Crippen LogP contribution >= 0.6 is 0 Å². The molecule has 90 valence electrons. The minimum atomic E-state index is -0.498. The largest absolute Gasteiger partial charge is 0.507 e. The Morgan fingerprint density at radius 1 is 1.35 bits per heavy atom. The van der Waals surface area contributed by atoms with E-state index < -0.39 is 5.97 Å². The number of phenolic OH excluding ortho intramolecular Hbond substituents is 1. The highest BCUT2D eigenvalue weighted by Crippen LogP contribution is 2.16. The zero-order valence-corrected chi connectivity index (χ0v) is 9.80. The highest BCUT2D eigenvalue weighted by Gasteiger charge is 2.10. The number of carbonyl (C=O) groups is 1. The molecule has 0 radical (unpaired) electrons. The molecule has 1 rings (SSSR count). The van der Waals surface area contributed by atoms with Crippen LogP contribution in [0.15, 0.2) is 48.6 Å². The fourth-order valence-electron chi connectivity index (χ4n) is 1.23. The summed E-state index contributed by atoms with van der Waals surface area (Å²) in [6.07, 6.45) is 8.30. The first-order valence-corrected chi connectivity index (χ1v) is 5.48. The van der Waals surface area contributed by atoms with Crippen molar-refractivity contribution >= 4 is 5.97 Å². The van der Waals surface area contributed by atoms with Gasteiger partial charge in [-0.15, -0.1) is 0 Å². The van der Waals surface area contributed by atoms with Crippen molar-refractivity contribution in [2.75, 3.05) is 6.61 Å². The van der Waals surface area contributed by atoms with Gasteiger partial charge in [0.15, 0.2) is 0 Å². The zero-order chi connectivity index (χ0) is 12.5. The van der Waals surface area contributed by atoms with Gasteiger partial charge in [-0.25, -0.2) is 4.79 Å². The molecule has 0 saturated heterocycles. The average molecular weight is 232 g/mol. The summed E-state index contributed by atoms with van der Waals surface area (Å²) in [5.74, 6) is -0.551. The van der Waals surface area contributed by atoms with E-state index in [9.17, 15) is 9.90 Å². The third-order valence-corrected chi connectivity index (χ3v) is 2.08. The van der Waals surface area contributed by atoms with Crippen molar-refractivity contribution in [1.82, 2.24) is 0 Å². The van der Waals surface area contributed by atoms with E-state index in [0.717, 1.165) is 0 Å². The zero-order valence-electron chi connectivity index (χ0n) is 9.80. The summed E-state index contributed by atoms with van der Waals surface area (Å²) < 4.78 is 5.01. The van der Waals surface area contributed by atoms with E-state index in [1.807, 2.05) is 31.2 Å². The number of phenols is 1. The van der Waals surface area contributed by atoms with E-state index in [1.54, 1.807) is 12.1 Å². The fourth-order valence-corrected chi connectivity index (χ4v) is 1.23. The van der Waals surface area contributed by atoms with Gasteiger partial charge in [0, 0.05) is 0 Å². The normalized spacial score (nSPS) is 11.1. The Kier molecular flexibility index (Phi) is 5.58. The van der Waals surface area contributed by atoms with Crippen molar-refractivity contribution in [3.8, 4) is 5.75 Å². The second kappa shape index (κ2) is 7.28. The number of allylic oxidation sites excluding steroid dienone is 3.